The number of hydrogen-bond acceptors (Lipinski definition) is 3. The van der Waals surface area contributed by atoms with E-state index in [0.717, 1.165) is 6.42 Å². The molecule has 1 aliphatic rings. The van der Waals surface area contributed by atoms with E-state index in [-0.39, 0.29) is 5.41 Å². The van der Waals surface area contributed by atoms with Crippen LogP contribution in [-0.4, -0.2) is 30.0 Å². The Morgan fingerprint density at radius 1 is 1.29 bits per heavy atom. The molecule has 1 atom stereocenters. The standard InChI is InChI=1S/C12H22O4Si/c1-11(2,3)16-10(15)17(9(13)14)7-6-12(4,5)8-17/h6-8H2,1-5H3,(H,13,14)/t17-/m1/s1. The number of hydrogen-bond donors (Lipinski definition) is 1. The number of carboxylic acid groups (broad SMARTS) is 1. The van der Waals surface area contributed by atoms with Crippen molar-refractivity contribution in [2.24, 2.45) is 5.41 Å². The lowest BCUT2D eigenvalue weighted by atomic mass is 9.94. The normalized spacial score (nSPS) is 27.8. The van der Waals surface area contributed by atoms with Crippen LogP contribution in [0.3, 0.4) is 0 Å². The van der Waals surface area contributed by atoms with Crippen molar-refractivity contribution in [3.05, 3.63) is 0 Å². The van der Waals surface area contributed by atoms with Crippen LogP contribution >= 0.6 is 0 Å². The molecule has 1 fully saturated rings. The van der Waals surface area contributed by atoms with E-state index < -0.39 is 24.9 Å². The van der Waals surface area contributed by atoms with Crippen LogP contribution in [-0.2, 0) is 4.74 Å². The highest BCUT2D eigenvalue weighted by Crippen LogP contribution is 2.45. The molecule has 0 amide bonds. The van der Waals surface area contributed by atoms with E-state index in [1.807, 2.05) is 13.8 Å². The van der Waals surface area contributed by atoms with Crippen LogP contribution < -0.4 is 0 Å². The first kappa shape index (κ1) is 14.2. The third-order valence-electron chi connectivity index (χ3n) is 3.21. The average molecular weight is 258 g/mol. The van der Waals surface area contributed by atoms with E-state index >= 15 is 0 Å². The molecule has 0 saturated carbocycles. The topological polar surface area (TPSA) is 63.6 Å². The van der Waals surface area contributed by atoms with Gasteiger partial charge in [0.1, 0.15) is 5.60 Å². The van der Waals surface area contributed by atoms with Crippen LogP contribution in [0.5, 0.6) is 0 Å². The molecule has 0 aromatic rings. The molecule has 0 bridgehead atoms. The van der Waals surface area contributed by atoms with Gasteiger partial charge in [0, 0.05) is 0 Å². The van der Waals surface area contributed by atoms with Crippen LogP contribution in [0, 0.1) is 5.41 Å². The second kappa shape index (κ2) is 4.12. The van der Waals surface area contributed by atoms with Gasteiger partial charge in [0.2, 0.25) is 0 Å². The Morgan fingerprint density at radius 3 is 2.12 bits per heavy atom. The van der Waals surface area contributed by atoms with Gasteiger partial charge in [0.15, 0.2) is 0 Å². The summed E-state index contributed by atoms with van der Waals surface area (Å²) in [4.78, 5) is 23.7. The first-order valence-corrected chi connectivity index (χ1v) is 8.37. The van der Waals surface area contributed by atoms with Crippen molar-refractivity contribution >= 4 is 19.3 Å². The molecule has 0 unspecified atom stereocenters. The minimum Gasteiger partial charge on any atom is -0.485 e. The molecule has 0 spiro atoms. The SMILES string of the molecule is CC1(C)CC[Si@@](C(=O)O)(C(=O)OC(C)(C)C)C1. The Morgan fingerprint density at radius 2 is 1.82 bits per heavy atom. The van der Waals surface area contributed by atoms with E-state index in [2.05, 4.69) is 0 Å². The number of ether oxygens (including phenoxy) is 1. The Bertz CT molecular complexity index is 343. The van der Waals surface area contributed by atoms with Crippen molar-refractivity contribution < 1.29 is 19.4 Å². The van der Waals surface area contributed by atoms with Crippen molar-refractivity contribution in [1.29, 1.82) is 0 Å². The summed E-state index contributed by atoms with van der Waals surface area (Å²) >= 11 is 0. The van der Waals surface area contributed by atoms with Crippen LogP contribution in [0.1, 0.15) is 41.0 Å². The van der Waals surface area contributed by atoms with Crippen molar-refractivity contribution in [2.75, 3.05) is 0 Å². The molecule has 4 nitrogen and oxygen atoms in total. The minimum atomic E-state index is -3.00. The van der Waals surface area contributed by atoms with E-state index in [1.165, 1.54) is 0 Å². The second-order valence-corrected chi connectivity index (χ2v) is 10.6. The summed E-state index contributed by atoms with van der Waals surface area (Å²) in [6.45, 7) is 9.36. The highest BCUT2D eigenvalue weighted by Gasteiger charge is 2.59. The molecule has 1 heterocycles. The third-order valence-corrected chi connectivity index (χ3v) is 7.57. The maximum atomic E-state index is 12.2. The summed E-state index contributed by atoms with van der Waals surface area (Å²) in [6, 6.07) is 0.995. The molecule has 5 heteroatoms. The van der Waals surface area contributed by atoms with Gasteiger partial charge in [-0.25, -0.2) is 0 Å². The van der Waals surface area contributed by atoms with Gasteiger partial charge in [-0.2, -0.15) is 0 Å². The Labute approximate surface area is 103 Å². The number of rotatable bonds is 2. The fraction of sp³-hybridized carbons (Fsp3) is 0.833. The first-order valence-electron chi connectivity index (χ1n) is 5.95. The van der Waals surface area contributed by atoms with Crippen LogP contribution in [0.4, 0.5) is 9.59 Å². The Balaban J connectivity index is 2.96. The molecule has 0 aromatic carbocycles. The summed E-state index contributed by atoms with van der Waals surface area (Å²) in [5.41, 5.74) is -2.04. The molecule has 17 heavy (non-hydrogen) atoms. The van der Waals surface area contributed by atoms with Gasteiger partial charge in [0.05, 0.1) is 0 Å². The first-order chi connectivity index (χ1) is 7.49. The van der Waals surface area contributed by atoms with Gasteiger partial charge in [-0.3, -0.25) is 9.59 Å². The summed E-state index contributed by atoms with van der Waals surface area (Å²) < 4.78 is 5.32. The van der Waals surface area contributed by atoms with E-state index in [0.29, 0.717) is 12.1 Å². The van der Waals surface area contributed by atoms with Gasteiger partial charge in [-0.15, -0.1) is 0 Å². The van der Waals surface area contributed by atoms with Gasteiger partial charge in [-0.05, 0) is 44.7 Å². The van der Waals surface area contributed by atoms with E-state index in [1.54, 1.807) is 20.8 Å². The molecular weight excluding hydrogens is 236 g/mol. The maximum absolute atomic E-state index is 12.2. The lowest BCUT2D eigenvalue weighted by molar-refractivity contribution is 0.0700. The highest BCUT2D eigenvalue weighted by atomic mass is 28.3. The molecule has 0 aliphatic carbocycles. The average Bonchev–Trinajstić information content (AvgIpc) is 2.40. The maximum Gasteiger partial charge on any atom is 0.312 e. The van der Waals surface area contributed by atoms with Crippen molar-refractivity contribution in [2.45, 2.75) is 58.7 Å². The van der Waals surface area contributed by atoms with Crippen molar-refractivity contribution in [3.63, 3.8) is 0 Å². The smallest absolute Gasteiger partial charge is 0.312 e. The molecule has 1 saturated heterocycles. The molecule has 1 aliphatic heterocycles. The van der Waals surface area contributed by atoms with Gasteiger partial charge in [-0.1, -0.05) is 13.8 Å². The lowest BCUT2D eigenvalue weighted by Crippen LogP contribution is -2.52. The van der Waals surface area contributed by atoms with Crippen molar-refractivity contribution in [1.82, 2.24) is 0 Å². The molecule has 1 rings (SSSR count). The van der Waals surface area contributed by atoms with Crippen molar-refractivity contribution in [3.8, 4) is 0 Å². The van der Waals surface area contributed by atoms with E-state index in [4.69, 9.17) is 4.74 Å². The summed E-state index contributed by atoms with van der Waals surface area (Å²) in [6.07, 6.45) is 0.796. The lowest BCUT2D eigenvalue weighted by Gasteiger charge is -2.27. The third kappa shape index (κ3) is 3.09. The number of carbonyl (C=O) groups is 2. The molecule has 0 radical (unpaired) electrons. The Kier molecular flexibility index (Phi) is 3.45. The van der Waals surface area contributed by atoms with Crippen LogP contribution in [0.15, 0.2) is 0 Å². The van der Waals surface area contributed by atoms with Crippen LogP contribution in [0.25, 0.3) is 0 Å². The van der Waals surface area contributed by atoms with Gasteiger partial charge < -0.3 is 9.84 Å². The predicted molar refractivity (Wildman–Crippen MR) is 68.0 cm³/mol. The van der Waals surface area contributed by atoms with Gasteiger partial charge >= 0.3 is 8.07 Å². The molecule has 1 N–H and O–H groups in total. The summed E-state index contributed by atoms with van der Waals surface area (Å²) in [7, 11) is -3.00. The summed E-state index contributed by atoms with van der Waals surface area (Å²) in [5, 5.41) is 9.42. The fourth-order valence-corrected chi connectivity index (χ4v) is 6.85. The largest absolute Gasteiger partial charge is 0.485 e. The molecule has 0 aromatic heterocycles. The molecular formula is C12H22O4Si. The zero-order valence-corrected chi connectivity index (χ0v) is 12.3. The van der Waals surface area contributed by atoms with Gasteiger partial charge in [0.25, 0.3) is 11.2 Å². The quantitative estimate of drug-likeness (QED) is 0.768. The highest BCUT2D eigenvalue weighted by molar-refractivity contribution is 7.23. The zero-order chi connectivity index (χ0) is 13.5. The monoisotopic (exact) mass is 258 g/mol. The predicted octanol–water partition coefficient (Wildman–Crippen LogP) is 3.64. The Hall–Kier alpha value is -0.843. The zero-order valence-electron chi connectivity index (χ0n) is 11.3. The minimum absolute atomic E-state index is 0.0541. The van der Waals surface area contributed by atoms with Crippen LogP contribution in [0.2, 0.25) is 12.1 Å². The van der Waals surface area contributed by atoms with E-state index in [9.17, 15) is 14.7 Å². The second-order valence-electron chi connectivity index (χ2n) is 6.73. The fourth-order valence-electron chi connectivity index (χ4n) is 2.37. The molecule has 98 valence electrons. The summed E-state index contributed by atoms with van der Waals surface area (Å²) in [5.74, 6) is 0. The number of carbonyl (C=O) groups excluding carboxylic acids is 1.